The maximum absolute atomic E-state index is 3.68. The van der Waals surface area contributed by atoms with E-state index >= 15 is 0 Å². The minimum Gasteiger partial charge on any atom is -0.356 e. The average Bonchev–Trinajstić information content (AvgIpc) is 2.64. The molecule has 2 heterocycles. The van der Waals surface area contributed by atoms with Gasteiger partial charge in [0.2, 0.25) is 0 Å². The topological polar surface area (TPSA) is 33.9 Å². The largest absolute Gasteiger partial charge is 0.356 e. The Morgan fingerprint density at radius 3 is 1.26 bits per heavy atom. The first kappa shape index (κ1) is 48.7. The quantitative estimate of drug-likeness (QED) is 0.135. The predicted molar refractivity (Wildman–Crippen MR) is 357 cm³/mol. The number of fused-ring (bicyclic) bond motifs is 9. The van der Waals surface area contributed by atoms with Crippen LogP contribution in [0.5, 0.6) is 0 Å². The summed E-state index contributed by atoms with van der Waals surface area (Å²) in [7, 11) is 0. The number of nitrogens with zero attached hydrogens (tertiary/aromatic N) is 2. The second-order valence-corrected chi connectivity index (χ2v) is 21.8. The van der Waals surface area contributed by atoms with Gasteiger partial charge in [-0.3, -0.25) is 0 Å². The van der Waals surface area contributed by atoms with Gasteiger partial charge < -0.3 is 19.8 Å². The first-order chi connectivity index (χ1) is 41.6. The van der Waals surface area contributed by atoms with Crippen molar-refractivity contribution >= 4 is 87.9 Å². The van der Waals surface area contributed by atoms with E-state index < -0.39 is 0 Å². The van der Waals surface area contributed by atoms with Gasteiger partial charge in [0.05, 0.1) is 33.4 Å². The molecular formula is C80H54N4. The number of hydrogen-bond acceptors (Lipinski definition) is 2. The summed E-state index contributed by atoms with van der Waals surface area (Å²) in [4.78, 5) is 0. The van der Waals surface area contributed by atoms with Crippen LogP contribution in [-0.2, 0) is 0 Å². The lowest BCUT2D eigenvalue weighted by atomic mass is 9.93. The van der Waals surface area contributed by atoms with Gasteiger partial charge in [-0.05, 0) is 163 Å². The van der Waals surface area contributed by atoms with Crippen LogP contribution < -0.4 is 10.6 Å². The minimum atomic E-state index is 1.03. The molecule has 0 bridgehead atoms. The number of benzene rings is 14. The van der Waals surface area contributed by atoms with Crippen LogP contribution in [-0.4, -0.2) is 9.13 Å². The fourth-order valence-electron chi connectivity index (χ4n) is 12.9. The number of rotatable bonds is 11. The lowest BCUT2D eigenvalue weighted by molar-refractivity contribution is 1.18. The molecule has 16 aromatic rings. The Hall–Kier alpha value is -11.2. The van der Waals surface area contributed by atoms with Gasteiger partial charge in [0.1, 0.15) is 0 Å². The van der Waals surface area contributed by atoms with Gasteiger partial charge in [-0.1, -0.05) is 218 Å². The van der Waals surface area contributed by atoms with Crippen molar-refractivity contribution < 1.29 is 0 Å². The molecule has 0 amide bonds. The molecule has 16 rings (SSSR count). The molecule has 0 unspecified atom stereocenters. The lowest BCUT2D eigenvalue weighted by Crippen LogP contribution is -1.97. The van der Waals surface area contributed by atoms with E-state index in [0.717, 1.165) is 50.8 Å². The number of hydrogen-bond donors (Lipinski definition) is 2. The maximum atomic E-state index is 3.68. The molecule has 2 N–H and O–H groups in total. The van der Waals surface area contributed by atoms with E-state index in [1.165, 1.54) is 104 Å². The second kappa shape index (κ2) is 20.4. The van der Waals surface area contributed by atoms with E-state index in [0.29, 0.717) is 0 Å². The summed E-state index contributed by atoms with van der Waals surface area (Å²) in [5.41, 5.74) is 23.1. The van der Waals surface area contributed by atoms with E-state index in [1.807, 2.05) is 0 Å². The Morgan fingerprint density at radius 2 is 0.631 bits per heavy atom. The van der Waals surface area contributed by atoms with Gasteiger partial charge in [0, 0.05) is 55.4 Å². The van der Waals surface area contributed by atoms with E-state index in [-0.39, 0.29) is 0 Å². The van der Waals surface area contributed by atoms with Crippen molar-refractivity contribution in [1.29, 1.82) is 0 Å². The Balaban J connectivity index is 0.665. The summed E-state index contributed by atoms with van der Waals surface area (Å²) in [6.45, 7) is 0. The van der Waals surface area contributed by atoms with E-state index in [1.54, 1.807) is 0 Å². The molecule has 0 saturated carbocycles. The zero-order valence-electron chi connectivity index (χ0n) is 45.9. The summed E-state index contributed by atoms with van der Waals surface area (Å²) in [5.74, 6) is 0. The van der Waals surface area contributed by atoms with Crippen LogP contribution in [0.3, 0.4) is 0 Å². The van der Waals surface area contributed by atoms with Crippen LogP contribution in [0.2, 0.25) is 0 Å². The van der Waals surface area contributed by atoms with Crippen molar-refractivity contribution in [2.24, 2.45) is 0 Å². The van der Waals surface area contributed by atoms with Gasteiger partial charge >= 0.3 is 0 Å². The Labute approximate surface area is 487 Å². The van der Waals surface area contributed by atoms with Gasteiger partial charge in [0.25, 0.3) is 0 Å². The molecule has 0 spiro atoms. The molecular weight excluding hydrogens is 1020 g/mol. The second-order valence-electron chi connectivity index (χ2n) is 21.8. The van der Waals surface area contributed by atoms with E-state index in [9.17, 15) is 0 Å². The molecule has 4 nitrogen and oxygen atoms in total. The third-order valence-corrected chi connectivity index (χ3v) is 16.9. The van der Waals surface area contributed by atoms with E-state index in [2.05, 4.69) is 335 Å². The number of para-hydroxylation sites is 4. The predicted octanol–water partition coefficient (Wildman–Crippen LogP) is 22.0. The van der Waals surface area contributed by atoms with Crippen molar-refractivity contribution in [3.63, 3.8) is 0 Å². The highest BCUT2D eigenvalue weighted by Gasteiger charge is 2.20. The fourth-order valence-corrected chi connectivity index (χ4v) is 12.9. The molecule has 0 aliphatic heterocycles. The molecule has 2 aromatic heterocycles. The van der Waals surface area contributed by atoms with Crippen molar-refractivity contribution in [3.8, 4) is 67.0 Å². The highest BCUT2D eigenvalue weighted by Crippen LogP contribution is 2.43. The number of anilines is 4. The fraction of sp³-hybridized carbons (Fsp3) is 0. The third-order valence-electron chi connectivity index (χ3n) is 16.9. The molecule has 0 atom stereocenters. The Kier molecular flexibility index (Phi) is 11.8. The van der Waals surface area contributed by atoms with Crippen LogP contribution in [0, 0.1) is 0 Å². The van der Waals surface area contributed by atoms with Crippen LogP contribution in [0.15, 0.2) is 315 Å². The molecule has 0 aliphatic rings. The van der Waals surface area contributed by atoms with Crippen LogP contribution in [0.4, 0.5) is 22.7 Å². The highest BCUT2D eigenvalue weighted by molar-refractivity contribution is 6.23. The normalized spacial score (nSPS) is 11.6. The summed E-state index contributed by atoms with van der Waals surface area (Å²) in [5, 5.41) is 17.3. The van der Waals surface area contributed by atoms with Gasteiger partial charge in [-0.15, -0.1) is 0 Å². The van der Waals surface area contributed by atoms with Crippen LogP contribution >= 0.6 is 0 Å². The molecule has 0 saturated heterocycles. The molecule has 394 valence electrons. The Bertz CT molecular complexity index is 5150. The zero-order chi connectivity index (χ0) is 55.5. The summed E-state index contributed by atoms with van der Waals surface area (Å²) < 4.78 is 4.89. The average molecular weight is 1070 g/mol. The molecule has 4 heteroatoms. The summed E-state index contributed by atoms with van der Waals surface area (Å²) in [6, 6.07) is 114. The van der Waals surface area contributed by atoms with Crippen molar-refractivity contribution in [2.75, 3.05) is 10.6 Å². The zero-order valence-corrected chi connectivity index (χ0v) is 45.9. The Morgan fingerprint density at radius 1 is 0.202 bits per heavy atom. The van der Waals surface area contributed by atoms with Crippen molar-refractivity contribution in [1.82, 2.24) is 9.13 Å². The number of aromatic nitrogens is 2. The van der Waals surface area contributed by atoms with Gasteiger partial charge in [0.15, 0.2) is 0 Å². The van der Waals surface area contributed by atoms with Gasteiger partial charge in [-0.25, -0.2) is 0 Å². The van der Waals surface area contributed by atoms with Crippen LogP contribution in [0.25, 0.3) is 132 Å². The first-order valence-electron chi connectivity index (χ1n) is 28.8. The molecule has 14 aromatic carbocycles. The van der Waals surface area contributed by atoms with Crippen molar-refractivity contribution in [3.05, 3.63) is 315 Å². The van der Waals surface area contributed by atoms with Crippen molar-refractivity contribution in [2.45, 2.75) is 0 Å². The SMILES string of the molecule is c1ccc(-c2ccc(Nc3ccc(-c4ccccc4-n4c5ccccc5c5c6cccc(-c7cccc(-c8ccc(Nc9ccc(-c%10ccccc%10-n%10c%11ccccc%11c%11cc%12ccccc%12cc%11%10)cc9)cc8)c7)c6ccc54)cc3)cc2)cc1. The number of nitrogens with one attached hydrogen (secondary N) is 2. The highest BCUT2D eigenvalue weighted by atomic mass is 15.0. The molecule has 0 radical (unpaired) electrons. The first-order valence-corrected chi connectivity index (χ1v) is 28.8. The summed E-state index contributed by atoms with van der Waals surface area (Å²) in [6.07, 6.45) is 0. The van der Waals surface area contributed by atoms with Gasteiger partial charge in [-0.2, -0.15) is 0 Å². The molecule has 84 heavy (non-hydrogen) atoms. The lowest BCUT2D eigenvalue weighted by Gasteiger charge is -2.15. The maximum Gasteiger partial charge on any atom is 0.0547 e. The standard InChI is InChI=1S/C80H54N4/c1-2-16-53(17-3-1)54-32-40-62(41-33-54)81-64-44-36-56(37-45-64)67-22-6-10-28-74(67)83-77-31-13-9-25-72(77)80-71-27-15-26-66(69(71)48-49-78(80)83)61-21-14-20-58(50-61)55-34-42-63(43-35-55)82-65-46-38-57(39-47-65)68-23-7-11-29-75(68)84-76-30-12-8-24-70(76)73-51-59-18-4-5-19-60(59)52-79(73)84/h1-52,81-82H. The molecule has 0 aliphatic carbocycles. The monoisotopic (exact) mass is 1070 g/mol. The summed E-state index contributed by atoms with van der Waals surface area (Å²) >= 11 is 0. The smallest absolute Gasteiger partial charge is 0.0547 e. The van der Waals surface area contributed by atoms with E-state index in [4.69, 9.17) is 0 Å². The van der Waals surface area contributed by atoms with Crippen LogP contribution in [0.1, 0.15) is 0 Å². The molecule has 0 fully saturated rings. The minimum absolute atomic E-state index is 1.03. The third kappa shape index (κ3) is 8.55.